The zero-order valence-electron chi connectivity index (χ0n) is 11.3. The van der Waals surface area contributed by atoms with Crippen molar-refractivity contribution in [3.05, 3.63) is 45.5 Å². The molecular formula is C13H11N5O3. The van der Waals surface area contributed by atoms with E-state index in [2.05, 4.69) is 20.6 Å². The summed E-state index contributed by atoms with van der Waals surface area (Å²) in [5, 5.41) is 23.3. The number of carbonyl (C=O) groups excluding carboxylic acids is 1. The van der Waals surface area contributed by atoms with Gasteiger partial charge in [0.05, 0.1) is 5.52 Å². The summed E-state index contributed by atoms with van der Waals surface area (Å²) >= 11 is 0. The Morgan fingerprint density at radius 3 is 2.81 bits per heavy atom. The fourth-order valence-corrected chi connectivity index (χ4v) is 2.22. The normalized spacial score (nSPS) is 11.0. The van der Waals surface area contributed by atoms with E-state index in [-0.39, 0.29) is 17.1 Å². The molecule has 3 aromatic rings. The van der Waals surface area contributed by atoms with E-state index in [0.717, 1.165) is 5.56 Å². The predicted octanol–water partition coefficient (Wildman–Crippen LogP) is 0.297. The second-order valence-electron chi connectivity index (χ2n) is 4.67. The van der Waals surface area contributed by atoms with E-state index in [9.17, 15) is 14.7 Å². The van der Waals surface area contributed by atoms with Crippen LogP contribution in [0.2, 0.25) is 0 Å². The summed E-state index contributed by atoms with van der Waals surface area (Å²) in [6, 6.07) is 5.24. The van der Waals surface area contributed by atoms with E-state index in [1.807, 2.05) is 13.0 Å². The average molecular weight is 285 g/mol. The molecule has 0 fully saturated rings. The Morgan fingerprint density at radius 1 is 1.38 bits per heavy atom. The van der Waals surface area contributed by atoms with Crippen LogP contribution in [0.15, 0.2) is 23.0 Å². The summed E-state index contributed by atoms with van der Waals surface area (Å²) < 4.78 is 1.31. The van der Waals surface area contributed by atoms with Crippen molar-refractivity contribution >= 4 is 16.7 Å². The van der Waals surface area contributed by atoms with Crippen molar-refractivity contribution < 1.29 is 9.90 Å². The molecule has 106 valence electrons. The van der Waals surface area contributed by atoms with E-state index in [1.54, 1.807) is 12.1 Å². The Labute approximate surface area is 118 Å². The quantitative estimate of drug-likeness (QED) is 0.654. The monoisotopic (exact) mass is 285 g/mol. The summed E-state index contributed by atoms with van der Waals surface area (Å²) in [4.78, 5) is 24.6. The molecule has 0 spiro atoms. The molecule has 8 heteroatoms. The van der Waals surface area contributed by atoms with Crippen LogP contribution in [0.3, 0.4) is 0 Å². The zero-order valence-corrected chi connectivity index (χ0v) is 11.3. The fraction of sp³-hybridized carbons (Fsp3) is 0.154. The van der Waals surface area contributed by atoms with Gasteiger partial charge in [-0.05, 0) is 24.3 Å². The van der Waals surface area contributed by atoms with E-state index in [4.69, 9.17) is 0 Å². The lowest BCUT2D eigenvalue weighted by Crippen LogP contribution is -2.25. The van der Waals surface area contributed by atoms with E-state index >= 15 is 0 Å². The number of aromatic amines is 1. The molecule has 3 rings (SSSR count). The highest BCUT2D eigenvalue weighted by Crippen LogP contribution is 2.27. The first kappa shape index (κ1) is 13.0. The van der Waals surface area contributed by atoms with Gasteiger partial charge in [0.1, 0.15) is 11.3 Å². The number of ketones is 1. The van der Waals surface area contributed by atoms with Crippen molar-refractivity contribution in [1.29, 1.82) is 0 Å². The maximum Gasteiger partial charge on any atom is 0.265 e. The van der Waals surface area contributed by atoms with Gasteiger partial charge in [0.15, 0.2) is 0 Å². The zero-order chi connectivity index (χ0) is 15.1. The Balaban J connectivity index is 2.38. The van der Waals surface area contributed by atoms with Crippen molar-refractivity contribution in [2.24, 2.45) is 7.05 Å². The number of nitrogens with one attached hydrogen (secondary N) is 1. The maximum atomic E-state index is 12.3. The maximum absolute atomic E-state index is 12.3. The highest BCUT2D eigenvalue weighted by molar-refractivity contribution is 6.10. The smallest absolute Gasteiger partial charge is 0.265 e. The van der Waals surface area contributed by atoms with Crippen LogP contribution >= 0.6 is 0 Å². The molecule has 0 radical (unpaired) electrons. The topological polar surface area (TPSA) is 114 Å². The van der Waals surface area contributed by atoms with Gasteiger partial charge in [-0.25, -0.2) is 0 Å². The van der Waals surface area contributed by atoms with Crippen LogP contribution in [-0.2, 0) is 7.05 Å². The number of aryl methyl sites for hydroxylation is 2. The van der Waals surface area contributed by atoms with Crippen LogP contribution in [0.4, 0.5) is 0 Å². The molecule has 0 saturated heterocycles. The Hall–Kier alpha value is -3.03. The number of aromatic hydroxyl groups is 1. The summed E-state index contributed by atoms with van der Waals surface area (Å²) in [7, 11) is 1.53. The molecule has 0 aliphatic rings. The Bertz CT molecular complexity index is 912. The SMILES string of the molecule is Cc1ccc2c(c1)c(O)c(C(=O)c1nn[nH]n1)c(=O)n2C. The van der Waals surface area contributed by atoms with Crippen LogP contribution in [0, 0.1) is 6.92 Å². The second-order valence-corrected chi connectivity index (χ2v) is 4.67. The molecule has 0 aliphatic carbocycles. The number of tetrazole rings is 1. The summed E-state index contributed by atoms with van der Waals surface area (Å²) in [6.07, 6.45) is 0. The molecule has 0 atom stereocenters. The first-order valence-corrected chi connectivity index (χ1v) is 6.11. The van der Waals surface area contributed by atoms with Gasteiger partial charge in [-0.2, -0.15) is 5.21 Å². The molecule has 0 unspecified atom stereocenters. The average Bonchev–Trinajstić information content (AvgIpc) is 2.99. The molecule has 0 bridgehead atoms. The van der Waals surface area contributed by atoms with Gasteiger partial charge in [0, 0.05) is 12.4 Å². The molecule has 2 aromatic heterocycles. The first-order chi connectivity index (χ1) is 10.0. The van der Waals surface area contributed by atoms with E-state index < -0.39 is 11.3 Å². The number of carbonyl (C=O) groups is 1. The highest BCUT2D eigenvalue weighted by Gasteiger charge is 2.25. The Kier molecular flexibility index (Phi) is 2.79. The number of benzene rings is 1. The van der Waals surface area contributed by atoms with Crippen LogP contribution < -0.4 is 5.56 Å². The van der Waals surface area contributed by atoms with Crippen molar-refractivity contribution in [1.82, 2.24) is 25.2 Å². The largest absolute Gasteiger partial charge is 0.506 e. The number of H-pyrrole nitrogens is 1. The molecular weight excluding hydrogens is 274 g/mol. The van der Waals surface area contributed by atoms with E-state index in [1.165, 1.54) is 11.6 Å². The third-order valence-electron chi connectivity index (χ3n) is 3.30. The van der Waals surface area contributed by atoms with E-state index in [0.29, 0.717) is 10.9 Å². The Morgan fingerprint density at radius 2 is 2.14 bits per heavy atom. The van der Waals surface area contributed by atoms with Crippen LogP contribution in [0.5, 0.6) is 5.75 Å². The third-order valence-corrected chi connectivity index (χ3v) is 3.30. The third kappa shape index (κ3) is 1.88. The molecule has 8 nitrogen and oxygen atoms in total. The van der Waals surface area contributed by atoms with Gasteiger partial charge < -0.3 is 9.67 Å². The molecule has 21 heavy (non-hydrogen) atoms. The van der Waals surface area contributed by atoms with Crippen LogP contribution in [0.1, 0.15) is 21.7 Å². The minimum absolute atomic E-state index is 0.269. The van der Waals surface area contributed by atoms with Gasteiger partial charge in [-0.1, -0.05) is 11.6 Å². The summed E-state index contributed by atoms with van der Waals surface area (Å²) in [5.74, 6) is -1.41. The van der Waals surface area contributed by atoms with Crippen molar-refractivity contribution in [2.75, 3.05) is 0 Å². The van der Waals surface area contributed by atoms with Crippen molar-refractivity contribution in [3.63, 3.8) is 0 Å². The molecule has 0 saturated carbocycles. The van der Waals surface area contributed by atoms with Crippen molar-refractivity contribution in [2.45, 2.75) is 6.92 Å². The summed E-state index contributed by atoms with van der Waals surface area (Å²) in [6.45, 7) is 1.85. The molecule has 2 heterocycles. The molecule has 0 amide bonds. The highest BCUT2D eigenvalue weighted by atomic mass is 16.3. The minimum atomic E-state index is -0.773. The lowest BCUT2D eigenvalue weighted by atomic mass is 10.0. The predicted molar refractivity (Wildman–Crippen MR) is 73.2 cm³/mol. The van der Waals surface area contributed by atoms with Crippen LogP contribution in [0.25, 0.3) is 10.9 Å². The molecule has 0 aliphatic heterocycles. The number of aromatic nitrogens is 5. The number of rotatable bonds is 2. The molecule has 2 N–H and O–H groups in total. The summed E-state index contributed by atoms with van der Waals surface area (Å²) in [5.41, 5.74) is 0.456. The fourth-order valence-electron chi connectivity index (χ4n) is 2.22. The first-order valence-electron chi connectivity index (χ1n) is 6.11. The second kappa shape index (κ2) is 4.51. The minimum Gasteiger partial charge on any atom is -0.506 e. The molecule has 1 aromatic carbocycles. The van der Waals surface area contributed by atoms with Gasteiger partial charge in [0.2, 0.25) is 11.6 Å². The van der Waals surface area contributed by atoms with Gasteiger partial charge >= 0.3 is 0 Å². The van der Waals surface area contributed by atoms with Gasteiger partial charge in [-0.3, -0.25) is 9.59 Å². The number of hydrogen-bond donors (Lipinski definition) is 2. The number of nitrogens with zero attached hydrogens (tertiary/aromatic N) is 4. The number of hydrogen-bond acceptors (Lipinski definition) is 6. The van der Waals surface area contributed by atoms with Crippen molar-refractivity contribution in [3.8, 4) is 5.75 Å². The lowest BCUT2D eigenvalue weighted by Gasteiger charge is -2.10. The number of pyridine rings is 1. The van der Waals surface area contributed by atoms with Gasteiger partial charge in [-0.15, -0.1) is 10.2 Å². The van der Waals surface area contributed by atoms with Crippen LogP contribution in [-0.4, -0.2) is 36.1 Å². The van der Waals surface area contributed by atoms with Gasteiger partial charge in [0.25, 0.3) is 5.56 Å². The lowest BCUT2D eigenvalue weighted by molar-refractivity contribution is 0.102. The standard InChI is InChI=1S/C13H11N5O3/c1-6-3-4-8-7(5-6)10(19)9(13(21)18(8)2)11(20)12-14-16-17-15-12/h3-5,19H,1-2H3,(H,14,15,16,17). The number of fused-ring (bicyclic) bond motifs is 1.